The van der Waals surface area contributed by atoms with E-state index in [2.05, 4.69) is 28.7 Å². The highest BCUT2D eigenvalue weighted by atomic mass is 16.3. The largest absolute Gasteiger partial charge is 0.457 e. The van der Waals surface area contributed by atoms with E-state index >= 15 is 0 Å². The van der Waals surface area contributed by atoms with Crippen LogP contribution in [-0.4, -0.2) is 51.1 Å². The van der Waals surface area contributed by atoms with Gasteiger partial charge in [0.15, 0.2) is 5.82 Å². The first-order valence-electron chi connectivity index (χ1n) is 10.2. The van der Waals surface area contributed by atoms with Crippen LogP contribution >= 0.6 is 0 Å². The summed E-state index contributed by atoms with van der Waals surface area (Å²) in [7, 11) is 0. The third kappa shape index (κ3) is 4.07. The summed E-state index contributed by atoms with van der Waals surface area (Å²) in [5.74, 6) is 1.79. The van der Waals surface area contributed by atoms with Gasteiger partial charge in [0.25, 0.3) is 0 Å². The summed E-state index contributed by atoms with van der Waals surface area (Å²) in [6.07, 6.45) is 4.24. The SMILES string of the molecule is C[C@@H]1CN(C(=O)/C=C/c2cc3ccccc3o2)C[C@H](C)N1c1ccnc([C@@H](C)O)n1. The maximum atomic E-state index is 12.8. The van der Waals surface area contributed by atoms with Gasteiger partial charge in [-0.25, -0.2) is 9.97 Å². The molecule has 30 heavy (non-hydrogen) atoms. The number of aliphatic hydroxyl groups is 1. The molecule has 4 rings (SSSR count). The van der Waals surface area contributed by atoms with Crippen LogP contribution in [0.2, 0.25) is 0 Å². The molecule has 0 spiro atoms. The van der Waals surface area contributed by atoms with Crippen LogP contribution in [0.15, 0.2) is 53.1 Å². The summed E-state index contributed by atoms with van der Waals surface area (Å²) in [5, 5.41) is 10.8. The lowest BCUT2D eigenvalue weighted by atomic mass is 10.1. The van der Waals surface area contributed by atoms with Gasteiger partial charge in [0.1, 0.15) is 23.3 Å². The normalized spacial score (nSPS) is 20.8. The Labute approximate surface area is 175 Å². The van der Waals surface area contributed by atoms with Gasteiger partial charge in [-0.2, -0.15) is 0 Å². The third-order valence-electron chi connectivity index (χ3n) is 5.36. The number of benzene rings is 1. The highest BCUT2D eigenvalue weighted by Gasteiger charge is 2.32. The molecule has 0 saturated carbocycles. The molecule has 1 saturated heterocycles. The van der Waals surface area contributed by atoms with Crippen molar-refractivity contribution in [2.24, 2.45) is 0 Å². The van der Waals surface area contributed by atoms with Gasteiger partial charge in [0.05, 0.1) is 0 Å². The molecule has 2 aromatic heterocycles. The maximum Gasteiger partial charge on any atom is 0.246 e. The van der Waals surface area contributed by atoms with Gasteiger partial charge in [-0.3, -0.25) is 4.79 Å². The Bertz CT molecular complexity index is 1030. The highest BCUT2D eigenvalue weighted by molar-refractivity contribution is 5.92. The number of amides is 1. The van der Waals surface area contributed by atoms with Gasteiger partial charge in [0, 0.05) is 42.8 Å². The van der Waals surface area contributed by atoms with Crippen LogP contribution in [0.4, 0.5) is 5.82 Å². The summed E-state index contributed by atoms with van der Waals surface area (Å²) < 4.78 is 5.75. The van der Waals surface area contributed by atoms with Crippen molar-refractivity contribution in [1.82, 2.24) is 14.9 Å². The molecule has 7 nitrogen and oxygen atoms in total. The van der Waals surface area contributed by atoms with Crippen LogP contribution in [-0.2, 0) is 4.79 Å². The second kappa shape index (κ2) is 8.28. The van der Waals surface area contributed by atoms with Crippen LogP contribution in [0.3, 0.4) is 0 Å². The Hall–Kier alpha value is -3.19. The number of carbonyl (C=O) groups excluding carboxylic acids is 1. The molecular formula is C23H26N4O3. The summed E-state index contributed by atoms with van der Waals surface area (Å²) in [4.78, 5) is 25.4. The summed E-state index contributed by atoms with van der Waals surface area (Å²) in [6, 6.07) is 11.7. The van der Waals surface area contributed by atoms with Crippen molar-refractivity contribution in [3.8, 4) is 0 Å². The predicted molar refractivity (Wildman–Crippen MR) is 116 cm³/mol. The van der Waals surface area contributed by atoms with E-state index in [1.165, 1.54) is 0 Å². The smallest absolute Gasteiger partial charge is 0.246 e. The van der Waals surface area contributed by atoms with E-state index in [9.17, 15) is 9.90 Å². The van der Waals surface area contributed by atoms with Crippen molar-refractivity contribution in [1.29, 1.82) is 0 Å². The lowest BCUT2D eigenvalue weighted by molar-refractivity contribution is -0.127. The standard InChI is InChI=1S/C23H26N4O3/c1-15-13-26(14-16(2)27(15)21-10-11-24-23(25-21)17(3)28)22(29)9-8-19-12-18-6-4-5-7-20(18)30-19/h4-12,15-17,28H,13-14H2,1-3H3/b9-8+/t15-,16+,17-/m1/s1. The topological polar surface area (TPSA) is 82.7 Å². The molecule has 1 N–H and O–H groups in total. The van der Waals surface area contributed by atoms with E-state index in [0.717, 1.165) is 16.8 Å². The molecule has 1 amide bonds. The van der Waals surface area contributed by atoms with Gasteiger partial charge >= 0.3 is 0 Å². The van der Waals surface area contributed by atoms with E-state index in [-0.39, 0.29) is 18.0 Å². The predicted octanol–water partition coefficient (Wildman–Crippen LogP) is 3.42. The van der Waals surface area contributed by atoms with Gasteiger partial charge in [-0.1, -0.05) is 18.2 Å². The molecule has 3 heterocycles. The average Bonchev–Trinajstić information content (AvgIpc) is 3.14. The number of hydrogen-bond donors (Lipinski definition) is 1. The van der Waals surface area contributed by atoms with Crippen LogP contribution < -0.4 is 4.90 Å². The molecule has 1 aromatic carbocycles. The first kappa shape index (κ1) is 20.1. The molecule has 3 aromatic rings. The number of rotatable bonds is 4. The van der Waals surface area contributed by atoms with Crippen molar-refractivity contribution >= 4 is 28.8 Å². The Kier molecular flexibility index (Phi) is 5.55. The van der Waals surface area contributed by atoms with Gasteiger partial charge < -0.3 is 19.3 Å². The zero-order chi connectivity index (χ0) is 21.3. The lowest BCUT2D eigenvalue weighted by Crippen LogP contribution is -2.58. The molecule has 1 aliphatic rings. The van der Waals surface area contributed by atoms with E-state index in [1.54, 1.807) is 25.3 Å². The number of hydrogen-bond acceptors (Lipinski definition) is 6. The van der Waals surface area contributed by atoms with Crippen LogP contribution in [0.1, 0.15) is 38.5 Å². The minimum Gasteiger partial charge on any atom is -0.457 e. The second-order valence-corrected chi connectivity index (χ2v) is 7.82. The molecule has 156 valence electrons. The van der Waals surface area contributed by atoms with Crippen molar-refractivity contribution < 1.29 is 14.3 Å². The molecule has 0 bridgehead atoms. The number of carbonyl (C=O) groups is 1. The molecule has 0 aliphatic carbocycles. The first-order valence-corrected chi connectivity index (χ1v) is 10.2. The third-order valence-corrected chi connectivity index (χ3v) is 5.36. The zero-order valence-electron chi connectivity index (χ0n) is 17.4. The van der Waals surface area contributed by atoms with Crippen molar-refractivity contribution in [2.75, 3.05) is 18.0 Å². The Morgan fingerprint density at radius 3 is 2.67 bits per heavy atom. The number of aromatic nitrogens is 2. The summed E-state index contributed by atoms with van der Waals surface area (Å²) in [5.41, 5.74) is 0.807. The number of nitrogens with zero attached hydrogens (tertiary/aromatic N) is 4. The molecule has 0 unspecified atom stereocenters. The summed E-state index contributed by atoms with van der Waals surface area (Å²) >= 11 is 0. The minimum atomic E-state index is -0.721. The molecular weight excluding hydrogens is 380 g/mol. The molecule has 0 radical (unpaired) electrons. The van der Waals surface area contributed by atoms with E-state index in [4.69, 9.17) is 4.42 Å². The minimum absolute atomic E-state index is 0.0406. The molecule has 1 fully saturated rings. The van der Waals surface area contributed by atoms with E-state index in [1.807, 2.05) is 41.3 Å². The Morgan fingerprint density at radius 2 is 1.97 bits per heavy atom. The number of piperazine rings is 1. The number of furan rings is 1. The van der Waals surface area contributed by atoms with Crippen LogP contribution in [0.5, 0.6) is 0 Å². The zero-order valence-corrected chi connectivity index (χ0v) is 17.4. The maximum absolute atomic E-state index is 12.8. The van der Waals surface area contributed by atoms with Gasteiger partial charge in [0.2, 0.25) is 5.91 Å². The first-order chi connectivity index (χ1) is 14.4. The molecule has 3 atom stereocenters. The number of anilines is 1. The second-order valence-electron chi connectivity index (χ2n) is 7.82. The van der Waals surface area contributed by atoms with Crippen molar-refractivity contribution in [3.63, 3.8) is 0 Å². The van der Waals surface area contributed by atoms with Gasteiger partial charge in [-0.05, 0) is 45.0 Å². The highest BCUT2D eigenvalue weighted by Crippen LogP contribution is 2.24. The fourth-order valence-corrected chi connectivity index (χ4v) is 4.01. The summed E-state index contributed by atoms with van der Waals surface area (Å²) in [6.45, 7) is 6.96. The molecule has 7 heteroatoms. The average molecular weight is 406 g/mol. The lowest BCUT2D eigenvalue weighted by Gasteiger charge is -2.45. The quantitative estimate of drug-likeness (QED) is 0.669. The fourth-order valence-electron chi connectivity index (χ4n) is 4.01. The van der Waals surface area contributed by atoms with Crippen molar-refractivity contribution in [2.45, 2.75) is 39.0 Å². The van der Waals surface area contributed by atoms with Crippen LogP contribution in [0, 0.1) is 0 Å². The fraction of sp³-hybridized carbons (Fsp3) is 0.348. The molecule has 1 aliphatic heterocycles. The Balaban J connectivity index is 1.46. The van der Waals surface area contributed by atoms with E-state index < -0.39 is 6.10 Å². The number of aliphatic hydroxyl groups excluding tert-OH is 1. The number of para-hydroxylation sites is 1. The monoisotopic (exact) mass is 406 g/mol. The number of fused-ring (bicyclic) bond motifs is 1. The van der Waals surface area contributed by atoms with Crippen LogP contribution in [0.25, 0.3) is 17.0 Å². The van der Waals surface area contributed by atoms with E-state index in [0.29, 0.717) is 24.7 Å². The van der Waals surface area contributed by atoms with Crippen molar-refractivity contribution in [3.05, 3.63) is 60.3 Å². The Morgan fingerprint density at radius 1 is 1.23 bits per heavy atom. The van der Waals surface area contributed by atoms with Gasteiger partial charge in [-0.15, -0.1) is 0 Å².